The van der Waals surface area contributed by atoms with E-state index in [1.165, 1.54) is 25.7 Å². The fourth-order valence-electron chi connectivity index (χ4n) is 2.75. The highest BCUT2D eigenvalue weighted by Crippen LogP contribution is 2.42. The molecular weight excluding hydrogens is 227 g/mol. The predicted octanol–water partition coefficient (Wildman–Crippen LogP) is 4.93. The Morgan fingerprint density at radius 1 is 1.00 bits per heavy atom. The van der Waals surface area contributed by atoms with Gasteiger partial charge in [-0.05, 0) is 48.9 Å². The van der Waals surface area contributed by atoms with Crippen LogP contribution in [0.5, 0.6) is 0 Å². The van der Waals surface area contributed by atoms with E-state index in [2.05, 4.69) is 20.8 Å². The topological polar surface area (TPSA) is 0 Å². The lowest BCUT2D eigenvalue weighted by molar-refractivity contribution is 0.133. The molecule has 0 N–H and O–H groups in total. The van der Waals surface area contributed by atoms with Crippen molar-refractivity contribution in [1.29, 1.82) is 0 Å². The molecule has 90 valence electrons. The third kappa shape index (κ3) is 3.82. The van der Waals surface area contributed by atoms with Gasteiger partial charge in [0, 0.05) is 11.8 Å². The van der Waals surface area contributed by atoms with Crippen molar-refractivity contribution in [2.75, 3.05) is 11.8 Å². The Morgan fingerprint density at radius 2 is 1.47 bits per heavy atom. The average Bonchev–Trinajstić information content (AvgIpc) is 2.19. The molecule has 0 heterocycles. The molecule has 1 aliphatic carbocycles. The maximum Gasteiger partial charge on any atom is 0.0265 e. The molecule has 15 heavy (non-hydrogen) atoms. The fraction of sp³-hybridized carbons (Fsp3) is 1.00. The van der Waals surface area contributed by atoms with Gasteiger partial charge in [-0.25, -0.2) is 0 Å². The lowest BCUT2D eigenvalue weighted by Gasteiger charge is -2.38. The first kappa shape index (κ1) is 13.6. The number of hydrogen-bond donors (Lipinski definition) is 0. The van der Waals surface area contributed by atoms with Crippen molar-refractivity contribution in [2.24, 2.45) is 23.2 Å². The van der Waals surface area contributed by atoms with Crippen molar-refractivity contribution in [3.8, 4) is 0 Å². The standard InChI is InChI=1S/C13H24Cl2/c1-13(2,3)12-6-4-10(5-7-12)11(8-14)9-15/h10-12H,4-9H2,1-3H3. The Bertz CT molecular complexity index is 171. The van der Waals surface area contributed by atoms with Crippen LogP contribution in [-0.4, -0.2) is 11.8 Å². The molecule has 1 saturated carbocycles. The van der Waals surface area contributed by atoms with E-state index >= 15 is 0 Å². The van der Waals surface area contributed by atoms with E-state index in [1.807, 2.05) is 0 Å². The van der Waals surface area contributed by atoms with Crippen LogP contribution in [0.2, 0.25) is 0 Å². The van der Waals surface area contributed by atoms with Crippen molar-refractivity contribution in [1.82, 2.24) is 0 Å². The second-order valence-corrected chi connectivity index (χ2v) is 6.66. The van der Waals surface area contributed by atoms with Gasteiger partial charge in [0.2, 0.25) is 0 Å². The Hall–Kier alpha value is 0.580. The van der Waals surface area contributed by atoms with Crippen molar-refractivity contribution >= 4 is 23.2 Å². The summed E-state index contributed by atoms with van der Waals surface area (Å²) in [4.78, 5) is 0. The van der Waals surface area contributed by atoms with E-state index in [9.17, 15) is 0 Å². The van der Waals surface area contributed by atoms with Gasteiger partial charge in [-0.3, -0.25) is 0 Å². The molecule has 1 fully saturated rings. The predicted molar refractivity (Wildman–Crippen MR) is 69.8 cm³/mol. The van der Waals surface area contributed by atoms with E-state index in [-0.39, 0.29) is 0 Å². The second-order valence-electron chi connectivity index (χ2n) is 6.05. The first-order valence-electron chi connectivity index (χ1n) is 6.11. The van der Waals surface area contributed by atoms with Crippen LogP contribution >= 0.6 is 23.2 Å². The van der Waals surface area contributed by atoms with Crippen LogP contribution in [0, 0.1) is 23.2 Å². The Labute approximate surface area is 105 Å². The number of alkyl halides is 2. The molecule has 0 aromatic rings. The molecular formula is C13H24Cl2. The highest BCUT2D eigenvalue weighted by molar-refractivity contribution is 6.20. The summed E-state index contributed by atoms with van der Waals surface area (Å²) >= 11 is 11.9. The van der Waals surface area contributed by atoms with Crippen molar-refractivity contribution in [3.63, 3.8) is 0 Å². The SMILES string of the molecule is CC(C)(C)C1CCC(C(CCl)CCl)CC1. The summed E-state index contributed by atoms with van der Waals surface area (Å²) in [6.45, 7) is 7.08. The van der Waals surface area contributed by atoms with Gasteiger partial charge in [-0.2, -0.15) is 0 Å². The van der Waals surface area contributed by atoms with Gasteiger partial charge in [0.05, 0.1) is 0 Å². The lowest BCUT2D eigenvalue weighted by Crippen LogP contribution is -2.29. The molecule has 0 atom stereocenters. The molecule has 0 aliphatic heterocycles. The zero-order chi connectivity index (χ0) is 11.5. The van der Waals surface area contributed by atoms with Crippen LogP contribution in [-0.2, 0) is 0 Å². The van der Waals surface area contributed by atoms with Gasteiger partial charge in [0.25, 0.3) is 0 Å². The summed E-state index contributed by atoms with van der Waals surface area (Å²) < 4.78 is 0. The Kier molecular flexibility index (Phi) is 5.25. The lowest BCUT2D eigenvalue weighted by atomic mass is 9.68. The smallest absolute Gasteiger partial charge is 0.0265 e. The molecule has 0 nitrogen and oxygen atoms in total. The van der Waals surface area contributed by atoms with E-state index in [0.29, 0.717) is 11.3 Å². The molecule has 0 unspecified atom stereocenters. The maximum atomic E-state index is 5.94. The molecule has 0 saturated heterocycles. The Balaban J connectivity index is 2.42. The number of rotatable bonds is 3. The van der Waals surface area contributed by atoms with Crippen LogP contribution in [0.4, 0.5) is 0 Å². The first-order valence-corrected chi connectivity index (χ1v) is 7.18. The molecule has 0 bridgehead atoms. The number of halogens is 2. The average molecular weight is 251 g/mol. The molecule has 0 amide bonds. The van der Waals surface area contributed by atoms with Crippen molar-refractivity contribution in [2.45, 2.75) is 46.5 Å². The van der Waals surface area contributed by atoms with E-state index < -0.39 is 0 Å². The normalized spacial score (nSPS) is 28.4. The molecule has 0 aromatic heterocycles. The van der Waals surface area contributed by atoms with Crippen LogP contribution in [0.15, 0.2) is 0 Å². The minimum Gasteiger partial charge on any atom is -0.126 e. The van der Waals surface area contributed by atoms with Crippen molar-refractivity contribution < 1.29 is 0 Å². The van der Waals surface area contributed by atoms with Crippen LogP contribution in [0.3, 0.4) is 0 Å². The molecule has 0 spiro atoms. The van der Waals surface area contributed by atoms with Crippen LogP contribution in [0.25, 0.3) is 0 Å². The third-order valence-electron chi connectivity index (χ3n) is 4.06. The molecule has 2 heteroatoms. The fourth-order valence-corrected chi connectivity index (χ4v) is 3.58. The Morgan fingerprint density at radius 3 is 1.80 bits per heavy atom. The second kappa shape index (κ2) is 5.77. The third-order valence-corrected chi connectivity index (χ3v) is 4.85. The number of hydrogen-bond acceptors (Lipinski definition) is 0. The summed E-state index contributed by atoms with van der Waals surface area (Å²) in [6, 6.07) is 0. The van der Waals surface area contributed by atoms with Crippen LogP contribution in [0.1, 0.15) is 46.5 Å². The van der Waals surface area contributed by atoms with Gasteiger partial charge >= 0.3 is 0 Å². The van der Waals surface area contributed by atoms with Gasteiger partial charge in [-0.15, -0.1) is 23.2 Å². The highest BCUT2D eigenvalue weighted by Gasteiger charge is 2.32. The summed E-state index contributed by atoms with van der Waals surface area (Å²) in [6.07, 6.45) is 5.37. The summed E-state index contributed by atoms with van der Waals surface area (Å²) in [7, 11) is 0. The van der Waals surface area contributed by atoms with Crippen molar-refractivity contribution in [3.05, 3.63) is 0 Å². The van der Waals surface area contributed by atoms with Crippen LogP contribution < -0.4 is 0 Å². The monoisotopic (exact) mass is 250 g/mol. The van der Waals surface area contributed by atoms with Gasteiger partial charge in [-0.1, -0.05) is 20.8 Å². The molecule has 1 rings (SSSR count). The van der Waals surface area contributed by atoms with E-state index in [0.717, 1.165) is 23.6 Å². The highest BCUT2D eigenvalue weighted by atomic mass is 35.5. The van der Waals surface area contributed by atoms with E-state index in [1.54, 1.807) is 0 Å². The van der Waals surface area contributed by atoms with E-state index in [4.69, 9.17) is 23.2 Å². The minimum absolute atomic E-state index is 0.475. The summed E-state index contributed by atoms with van der Waals surface area (Å²) in [5.74, 6) is 3.66. The molecule has 0 aromatic carbocycles. The summed E-state index contributed by atoms with van der Waals surface area (Å²) in [5.41, 5.74) is 0.475. The van der Waals surface area contributed by atoms with Gasteiger partial charge in [0.15, 0.2) is 0 Å². The quantitative estimate of drug-likeness (QED) is 0.624. The molecule has 0 radical (unpaired) electrons. The largest absolute Gasteiger partial charge is 0.126 e. The van der Waals surface area contributed by atoms with Gasteiger partial charge < -0.3 is 0 Å². The summed E-state index contributed by atoms with van der Waals surface area (Å²) in [5, 5.41) is 0. The van der Waals surface area contributed by atoms with Gasteiger partial charge in [0.1, 0.15) is 0 Å². The zero-order valence-electron chi connectivity index (χ0n) is 10.2. The first-order chi connectivity index (χ1) is 6.99. The minimum atomic E-state index is 0.475. The maximum absolute atomic E-state index is 5.94. The zero-order valence-corrected chi connectivity index (χ0v) is 11.7. The molecule has 1 aliphatic rings.